The van der Waals surface area contributed by atoms with Gasteiger partial charge in [0, 0.05) is 32.7 Å². The van der Waals surface area contributed by atoms with Gasteiger partial charge in [0.1, 0.15) is 0 Å². The van der Waals surface area contributed by atoms with Crippen LogP contribution in [0.15, 0.2) is 0 Å². The summed E-state index contributed by atoms with van der Waals surface area (Å²) in [4.78, 5) is 4.40. The largest absolute Gasteiger partial charge is 0.393 e. The maximum Gasteiger partial charge on any atom is 0.166 e. The molecule has 1 atom stereocenters. The van der Waals surface area contributed by atoms with E-state index in [-0.39, 0.29) is 6.10 Å². The minimum absolute atomic E-state index is 0.140. The molecule has 0 amide bonds. The first-order chi connectivity index (χ1) is 7.63. The van der Waals surface area contributed by atoms with Crippen LogP contribution in [0.5, 0.6) is 0 Å². The van der Waals surface area contributed by atoms with Crippen molar-refractivity contribution >= 4 is 17.3 Å². The molecule has 3 N–H and O–H groups in total. The van der Waals surface area contributed by atoms with Gasteiger partial charge in [-0.25, -0.2) is 0 Å². The maximum atomic E-state index is 9.64. The number of nitrogens with two attached hydrogens (primary N) is 1. The topological polar surface area (TPSA) is 52.7 Å². The number of nitrogens with zero attached hydrogens (tertiary/aromatic N) is 2. The van der Waals surface area contributed by atoms with Crippen molar-refractivity contribution in [2.24, 2.45) is 5.73 Å². The molecule has 4 nitrogen and oxygen atoms in total. The number of piperazine rings is 1. The molecule has 0 bridgehead atoms. The van der Waals surface area contributed by atoms with E-state index in [1.165, 1.54) is 0 Å². The molecule has 0 spiro atoms. The monoisotopic (exact) mass is 245 g/mol. The van der Waals surface area contributed by atoms with E-state index in [2.05, 4.69) is 11.8 Å². The number of hydrogen-bond donors (Lipinski definition) is 2. The summed E-state index contributed by atoms with van der Waals surface area (Å²) < 4.78 is 0. The lowest BCUT2D eigenvalue weighted by atomic mass is 10.1. The Morgan fingerprint density at radius 3 is 2.44 bits per heavy atom. The van der Waals surface area contributed by atoms with Gasteiger partial charge in [0.15, 0.2) is 5.11 Å². The van der Waals surface area contributed by atoms with Gasteiger partial charge < -0.3 is 15.7 Å². The van der Waals surface area contributed by atoms with E-state index >= 15 is 0 Å². The smallest absolute Gasteiger partial charge is 0.166 e. The molecule has 1 aliphatic rings. The minimum atomic E-state index is -0.140. The Balaban J connectivity index is 2.14. The molecule has 1 saturated heterocycles. The number of aliphatic hydroxyl groups is 1. The van der Waals surface area contributed by atoms with Crippen LogP contribution in [-0.4, -0.2) is 58.8 Å². The van der Waals surface area contributed by atoms with Crippen LogP contribution in [0, 0.1) is 0 Å². The molecule has 16 heavy (non-hydrogen) atoms. The Morgan fingerprint density at radius 1 is 1.31 bits per heavy atom. The van der Waals surface area contributed by atoms with Crippen LogP contribution >= 0.6 is 12.2 Å². The molecule has 0 aromatic rings. The highest BCUT2D eigenvalue weighted by Gasteiger charge is 2.17. The second-order valence-electron chi connectivity index (χ2n) is 4.40. The quantitative estimate of drug-likeness (QED) is 0.687. The molecule has 94 valence electrons. The van der Waals surface area contributed by atoms with Crippen LogP contribution in [0.1, 0.15) is 26.2 Å². The number of aliphatic hydroxyl groups excluding tert-OH is 1. The average molecular weight is 245 g/mol. The molecule has 0 saturated carbocycles. The van der Waals surface area contributed by atoms with Gasteiger partial charge in [-0.2, -0.15) is 0 Å². The Kier molecular flexibility index (Phi) is 6.01. The molecule has 1 rings (SSSR count). The summed E-state index contributed by atoms with van der Waals surface area (Å²) in [5, 5.41) is 10.1. The molecule has 0 aliphatic carbocycles. The normalized spacial score (nSPS) is 19.8. The Hall–Kier alpha value is -0.390. The van der Waals surface area contributed by atoms with Crippen LogP contribution in [-0.2, 0) is 0 Å². The van der Waals surface area contributed by atoms with E-state index in [4.69, 9.17) is 18.0 Å². The van der Waals surface area contributed by atoms with Crippen LogP contribution in [0.25, 0.3) is 0 Å². The van der Waals surface area contributed by atoms with E-state index in [0.717, 1.165) is 52.0 Å². The molecular weight excluding hydrogens is 222 g/mol. The van der Waals surface area contributed by atoms with Crippen LogP contribution in [0.2, 0.25) is 0 Å². The van der Waals surface area contributed by atoms with Gasteiger partial charge in [-0.15, -0.1) is 0 Å². The van der Waals surface area contributed by atoms with E-state index in [9.17, 15) is 5.11 Å². The minimum Gasteiger partial charge on any atom is -0.393 e. The standard InChI is InChI=1S/C11H23N3OS/c1-2-3-10(15)4-5-13-6-8-14(9-7-13)11(12)16/h10,15H,2-9H2,1H3,(H2,12,16). The lowest BCUT2D eigenvalue weighted by Gasteiger charge is -2.35. The zero-order valence-electron chi connectivity index (χ0n) is 10.1. The fraction of sp³-hybridized carbons (Fsp3) is 0.909. The van der Waals surface area contributed by atoms with Crippen LogP contribution < -0.4 is 5.73 Å². The van der Waals surface area contributed by atoms with Crippen molar-refractivity contribution in [3.63, 3.8) is 0 Å². The summed E-state index contributed by atoms with van der Waals surface area (Å²) in [5.74, 6) is 0. The van der Waals surface area contributed by atoms with Crippen molar-refractivity contribution in [2.45, 2.75) is 32.3 Å². The maximum absolute atomic E-state index is 9.64. The Morgan fingerprint density at radius 2 is 1.94 bits per heavy atom. The summed E-state index contributed by atoms with van der Waals surface area (Å²) in [6, 6.07) is 0. The first-order valence-corrected chi connectivity index (χ1v) is 6.49. The zero-order chi connectivity index (χ0) is 12.0. The molecule has 0 aromatic carbocycles. The van der Waals surface area contributed by atoms with Gasteiger partial charge in [-0.3, -0.25) is 4.90 Å². The summed E-state index contributed by atoms with van der Waals surface area (Å²) >= 11 is 4.94. The molecule has 1 unspecified atom stereocenters. The van der Waals surface area contributed by atoms with Crippen molar-refractivity contribution in [3.8, 4) is 0 Å². The summed E-state index contributed by atoms with van der Waals surface area (Å²) in [6.07, 6.45) is 2.70. The molecular formula is C11H23N3OS. The van der Waals surface area contributed by atoms with Gasteiger partial charge in [0.05, 0.1) is 6.10 Å². The predicted molar refractivity (Wildman–Crippen MR) is 70.3 cm³/mol. The third kappa shape index (κ3) is 4.63. The van der Waals surface area contributed by atoms with Gasteiger partial charge in [-0.05, 0) is 25.1 Å². The van der Waals surface area contributed by atoms with E-state index < -0.39 is 0 Å². The van der Waals surface area contributed by atoms with Crippen molar-refractivity contribution in [3.05, 3.63) is 0 Å². The second kappa shape index (κ2) is 7.04. The average Bonchev–Trinajstić information content (AvgIpc) is 2.27. The first-order valence-electron chi connectivity index (χ1n) is 6.08. The van der Waals surface area contributed by atoms with Crippen LogP contribution in [0.3, 0.4) is 0 Å². The fourth-order valence-corrected chi connectivity index (χ4v) is 2.18. The van der Waals surface area contributed by atoms with E-state index in [0.29, 0.717) is 5.11 Å². The SMILES string of the molecule is CCCC(O)CCN1CCN(C(N)=S)CC1. The van der Waals surface area contributed by atoms with Gasteiger partial charge >= 0.3 is 0 Å². The molecule has 1 fully saturated rings. The molecule has 5 heteroatoms. The fourth-order valence-electron chi connectivity index (χ4n) is 2.00. The van der Waals surface area contributed by atoms with Crippen molar-refractivity contribution in [1.29, 1.82) is 0 Å². The van der Waals surface area contributed by atoms with Gasteiger partial charge in [-0.1, -0.05) is 13.3 Å². The molecule has 1 aliphatic heterocycles. The van der Waals surface area contributed by atoms with Crippen molar-refractivity contribution in [1.82, 2.24) is 9.80 Å². The van der Waals surface area contributed by atoms with Crippen LogP contribution in [0.4, 0.5) is 0 Å². The highest BCUT2D eigenvalue weighted by atomic mass is 32.1. The molecule has 1 heterocycles. The number of hydrogen-bond acceptors (Lipinski definition) is 3. The number of thiocarbonyl (C=S) groups is 1. The summed E-state index contributed by atoms with van der Waals surface area (Å²) in [5.41, 5.74) is 5.57. The second-order valence-corrected chi connectivity index (χ2v) is 4.82. The summed E-state index contributed by atoms with van der Waals surface area (Å²) in [7, 11) is 0. The zero-order valence-corrected chi connectivity index (χ0v) is 10.9. The van der Waals surface area contributed by atoms with E-state index in [1.807, 2.05) is 4.90 Å². The third-order valence-electron chi connectivity index (χ3n) is 3.08. The number of rotatable bonds is 5. The Labute approximate surface area is 103 Å². The first kappa shape index (κ1) is 13.7. The third-order valence-corrected chi connectivity index (χ3v) is 3.34. The Bertz CT molecular complexity index is 217. The van der Waals surface area contributed by atoms with E-state index in [1.54, 1.807) is 0 Å². The highest BCUT2D eigenvalue weighted by molar-refractivity contribution is 7.80. The molecule has 0 radical (unpaired) electrons. The van der Waals surface area contributed by atoms with Crippen molar-refractivity contribution < 1.29 is 5.11 Å². The molecule has 0 aromatic heterocycles. The predicted octanol–water partition coefficient (Wildman–Crippen LogP) is 0.399. The lowest BCUT2D eigenvalue weighted by molar-refractivity contribution is 0.116. The van der Waals surface area contributed by atoms with Gasteiger partial charge in [0.25, 0.3) is 0 Å². The van der Waals surface area contributed by atoms with Gasteiger partial charge in [0.2, 0.25) is 0 Å². The lowest BCUT2D eigenvalue weighted by Crippen LogP contribution is -2.50. The summed E-state index contributed by atoms with van der Waals surface area (Å²) in [6.45, 7) is 6.90. The van der Waals surface area contributed by atoms with Crippen molar-refractivity contribution in [2.75, 3.05) is 32.7 Å². The highest BCUT2D eigenvalue weighted by Crippen LogP contribution is 2.06.